The Morgan fingerprint density at radius 1 is 0.309 bits per heavy atom. The third-order valence-corrected chi connectivity index (χ3v) is 13.0. The molecule has 55 heavy (non-hydrogen) atoms. The highest BCUT2D eigenvalue weighted by Crippen LogP contribution is 2.48. The minimum atomic E-state index is -0.981. The maximum atomic E-state index is 4.11. The molecule has 2 nitrogen and oxygen atoms in total. The number of nitrogens with one attached hydrogen (secondary N) is 2. The zero-order chi connectivity index (χ0) is 36.6. The number of rotatable bonds is 8. The van der Waals surface area contributed by atoms with Crippen LogP contribution in [-0.4, -0.2) is 0 Å². The molecule has 0 radical (unpaired) electrons. The van der Waals surface area contributed by atoms with Gasteiger partial charge < -0.3 is 10.6 Å². The van der Waals surface area contributed by atoms with Crippen LogP contribution in [0, 0.1) is 0 Å². The van der Waals surface area contributed by atoms with Crippen molar-refractivity contribution in [3.8, 4) is 11.1 Å². The summed E-state index contributed by atoms with van der Waals surface area (Å²) >= 11 is 0. The second kappa shape index (κ2) is 14.3. The van der Waals surface area contributed by atoms with E-state index in [1.807, 2.05) is 0 Å². The minimum Gasteiger partial charge on any atom is -0.355 e. The van der Waals surface area contributed by atoms with Gasteiger partial charge in [0.25, 0.3) is 0 Å². The summed E-state index contributed by atoms with van der Waals surface area (Å²) < 4.78 is 0. The van der Waals surface area contributed by atoms with Crippen LogP contribution in [0.5, 0.6) is 0 Å². The summed E-state index contributed by atoms with van der Waals surface area (Å²) in [5.41, 5.74) is 6.63. The van der Waals surface area contributed by atoms with Gasteiger partial charge in [-0.3, -0.25) is 0 Å². The van der Waals surface area contributed by atoms with Crippen molar-refractivity contribution in [1.29, 1.82) is 0 Å². The number of hydrogen-bond acceptors (Lipinski definition) is 2. The quantitative estimate of drug-likeness (QED) is 0.153. The van der Waals surface area contributed by atoms with Gasteiger partial charge in [0, 0.05) is 33.5 Å². The van der Waals surface area contributed by atoms with E-state index in [1.165, 1.54) is 70.1 Å². The molecule has 0 heterocycles. The van der Waals surface area contributed by atoms with E-state index >= 15 is 0 Å². The molecule has 0 bridgehead atoms. The fourth-order valence-corrected chi connectivity index (χ4v) is 10.4. The molecular weight excluding hydrogens is 684 g/mol. The summed E-state index contributed by atoms with van der Waals surface area (Å²) in [6, 6.07) is 77.2. The van der Waals surface area contributed by atoms with E-state index in [2.05, 4.69) is 223 Å². The van der Waals surface area contributed by atoms with Gasteiger partial charge in [0.05, 0.1) is 5.69 Å². The molecule has 10 rings (SSSR count). The summed E-state index contributed by atoms with van der Waals surface area (Å²) in [4.78, 5) is 0. The molecule has 260 valence electrons. The third kappa shape index (κ3) is 6.27. The first-order chi connectivity index (χ1) is 27.3. The Bertz CT molecular complexity index is 2950. The molecule has 0 unspecified atom stereocenters. The topological polar surface area (TPSA) is 24.1 Å². The van der Waals surface area contributed by atoms with Gasteiger partial charge in [-0.05, 0) is 98.0 Å². The summed E-state index contributed by atoms with van der Waals surface area (Å²) in [5, 5.41) is 21.6. The minimum absolute atomic E-state index is 0.981. The standard InChI is InChI=1S/C52H37N2P/c1-3-21-44(22-4-1)55(45-23-5-2-6-24-45)49-35-41-20-12-14-26-47(41)51(52(49)54-43-31-28-37-16-8-10-19-40(37)34-43)50-46-25-13-11-17-38(46)29-32-48(50)53-42-30-27-36-15-7-9-18-39(36)33-42/h1-35,53-54H. The smallest absolute Gasteiger partial charge is 0.0556 e. The molecule has 0 aromatic heterocycles. The molecular formula is C52H37N2P. The van der Waals surface area contributed by atoms with Crippen molar-refractivity contribution in [3.63, 3.8) is 0 Å². The fourth-order valence-electron chi connectivity index (χ4n) is 7.96. The van der Waals surface area contributed by atoms with E-state index < -0.39 is 7.92 Å². The van der Waals surface area contributed by atoms with Gasteiger partial charge >= 0.3 is 0 Å². The molecule has 0 aliphatic carbocycles. The van der Waals surface area contributed by atoms with Crippen LogP contribution in [0.2, 0.25) is 0 Å². The zero-order valence-electron chi connectivity index (χ0n) is 30.2. The first kappa shape index (κ1) is 32.9. The average Bonchev–Trinajstić information content (AvgIpc) is 3.25. The Kier molecular flexibility index (Phi) is 8.52. The molecule has 10 aromatic carbocycles. The first-order valence-corrected chi connectivity index (χ1v) is 20.1. The van der Waals surface area contributed by atoms with Crippen molar-refractivity contribution in [2.24, 2.45) is 0 Å². The van der Waals surface area contributed by atoms with E-state index in [1.54, 1.807) is 0 Å². The Morgan fingerprint density at radius 2 is 0.764 bits per heavy atom. The lowest BCUT2D eigenvalue weighted by Gasteiger charge is -2.28. The van der Waals surface area contributed by atoms with Crippen molar-refractivity contribution in [2.45, 2.75) is 0 Å². The molecule has 10 aromatic rings. The van der Waals surface area contributed by atoms with Gasteiger partial charge in [-0.2, -0.15) is 0 Å². The molecule has 0 aliphatic heterocycles. The van der Waals surface area contributed by atoms with Crippen molar-refractivity contribution >= 4 is 89.7 Å². The maximum absolute atomic E-state index is 4.11. The summed E-state index contributed by atoms with van der Waals surface area (Å²) in [5.74, 6) is 0. The zero-order valence-corrected chi connectivity index (χ0v) is 31.0. The van der Waals surface area contributed by atoms with Crippen molar-refractivity contribution in [2.75, 3.05) is 10.6 Å². The van der Waals surface area contributed by atoms with Gasteiger partial charge in [-0.15, -0.1) is 0 Å². The predicted octanol–water partition coefficient (Wildman–Crippen LogP) is 13.2. The van der Waals surface area contributed by atoms with Crippen LogP contribution in [0.15, 0.2) is 212 Å². The molecule has 0 saturated carbocycles. The van der Waals surface area contributed by atoms with E-state index in [0.717, 1.165) is 22.7 Å². The highest BCUT2D eigenvalue weighted by molar-refractivity contribution is 7.80. The van der Waals surface area contributed by atoms with Gasteiger partial charge in [0.2, 0.25) is 0 Å². The van der Waals surface area contributed by atoms with Crippen LogP contribution < -0.4 is 26.5 Å². The normalized spacial score (nSPS) is 11.4. The summed E-state index contributed by atoms with van der Waals surface area (Å²) in [7, 11) is -0.981. The first-order valence-electron chi connectivity index (χ1n) is 18.8. The molecule has 0 atom stereocenters. The second-order valence-electron chi connectivity index (χ2n) is 14.0. The Hall–Kier alpha value is -6.73. The summed E-state index contributed by atoms with van der Waals surface area (Å²) in [6.07, 6.45) is 0. The predicted molar refractivity (Wildman–Crippen MR) is 240 cm³/mol. The monoisotopic (exact) mass is 720 g/mol. The lowest BCUT2D eigenvalue weighted by Crippen LogP contribution is -2.23. The van der Waals surface area contributed by atoms with Crippen LogP contribution in [0.3, 0.4) is 0 Å². The average molecular weight is 721 g/mol. The van der Waals surface area contributed by atoms with Crippen molar-refractivity contribution in [1.82, 2.24) is 0 Å². The maximum Gasteiger partial charge on any atom is 0.0556 e. The van der Waals surface area contributed by atoms with Crippen LogP contribution in [-0.2, 0) is 0 Å². The molecule has 0 amide bonds. The second-order valence-corrected chi connectivity index (χ2v) is 16.1. The number of anilines is 4. The van der Waals surface area contributed by atoms with Crippen LogP contribution in [0.1, 0.15) is 0 Å². The molecule has 2 N–H and O–H groups in total. The highest BCUT2D eigenvalue weighted by atomic mass is 31.1. The fraction of sp³-hybridized carbons (Fsp3) is 0. The van der Waals surface area contributed by atoms with E-state index in [4.69, 9.17) is 0 Å². The molecule has 0 spiro atoms. The number of hydrogen-bond donors (Lipinski definition) is 2. The Morgan fingerprint density at radius 3 is 1.36 bits per heavy atom. The molecule has 0 aliphatic rings. The SMILES string of the molecule is c1ccc(P(c2ccccc2)c2cc3ccccc3c(-c3c(Nc4ccc5ccccc5c4)ccc4ccccc34)c2Nc2ccc3ccccc3c2)cc1. The Balaban J connectivity index is 1.31. The molecule has 3 heteroatoms. The van der Waals surface area contributed by atoms with Gasteiger partial charge in [0.15, 0.2) is 0 Å². The summed E-state index contributed by atoms with van der Waals surface area (Å²) in [6.45, 7) is 0. The Labute approximate surface area is 322 Å². The van der Waals surface area contributed by atoms with E-state index in [0.29, 0.717) is 0 Å². The molecule has 0 saturated heterocycles. The lowest BCUT2D eigenvalue weighted by molar-refractivity contribution is 1.56. The number of fused-ring (bicyclic) bond motifs is 4. The van der Waals surface area contributed by atoms with Gasteiger partial charge in [0.1, 0.15) is 0 Å². The van der Waals surface area contributed by atoms with Gasteiger partial charge in [-0.25, -0.2) is 0 Å². The number of benzene rings is 10. The third-order valence-electron chi connectivity index (χ3n) is 10.5. The van der Waals surface area contributed by atoms with Crippen LogP contribution >= 0.6 is 7.92 Å². The molecule has 0 fully saturated rings. The van der Waals surface area contributed by atoms with Crippen molar-refractivity contribution in [3.05, 3.63) is 212 Å². The largest absolute Gasteiger partial charge is 0.355 e. The van der Waals surface area contributed by atoms with Crippen LogP contribution in [0.25, 0.3) is 54.2 Å². The highest BCUT2D eigenvalue weighted by Gasteiger charge is 2.26. The van der Waals surface area contributed by atoms with Crippen molar-refractivity contribution < 1.29 is 0 Å². The van der Waals surface area contributed by atoms with E-state index in [9.17, 15) is 0 Å². The van der Waals surface area contributed by atoms with Gasteiger partial charge in [-0.1, -0.05) is 176 Å². The van der Waals surface area contributed by atoms with Crippen LogP contribution in [0.4, 0.5) is 22.7 Å². The van der Waals surface area contributed by atoms with E-state index in [-0.39, 0.29) is 0 Å². The lowest BCUT2D eigenvalue weighted by atomic mass is 9.90.